The predicted octanol–water partition coefficient (Wildman–Crippen LogP) is 4.03. The molecule has 120 valence electrons. The van der Waals surface area contributed by atoms with Gasteiger partial charge in [-0.3, -0.25) is 0 Å². The van der Waals surface area contributed by atoms with Crippen molar-refractivity contribution in [2.75, 3.05) is 13.7 Å². The van der Waals surface area contributed by atoms with Gasteiger partial charge in [0.25, 0.3) is 0 Å². The summed E-state index contributed by atoms with van der Waals surface area (Å²) in [5.74, 6) is 0.246. The highest BCUT2D eigenvalue weighted by Gasteiger charge is 2.11. The standard InChI is InChI=1S/C19H20O4/c1-4-23-17-10-7-14(12-18(17)22-3)11-16(19(20)21)15-8-5-13(2)6-9-15/h5-12H,4H2,1-3H3,(H,20,21)/b16-11-. The third-order valence-corrected chi connectivity index (χ3v) is 3.39. The molecule has 0 aliphatic rings. The van der Waals surface area contributed by atoms with Crippen LogP contribution in [0.15, 0.2) is 42.5 Å². The van der Waals surface area contributed by atoms with Crippen LogP contribution in [0.25, 0.3) is 11.6 Å². The molecule has 0 bridgehead atoms. The van der Waals surface area contributed by atoms with E-state index in [0.29, 0.717) is 23.7 Å². The monoisotopic (exact) mass is 312 g/mol. The van der Waals surface area contributed by atoms with E-state index in [2.05, 4.69) is 0 Å². The van der Waals surface area contributed by atoms with Gasteiger partial charge in [0.15, 0.2) is 11.5 Å². The quantitative estimate of drug-likeness (QED) is 0.646. The van der Waals surface area contributed by atoms with Crippen molar-refractivity contribution in [2.24, 2.45) is 0 Å². The second-order valence-corrected chi connectivity index (χ2v) is 5.07. The average molecular weight is 312 g/mol. The maximum absolute atomic E-state index is 11.6. The van der Waals surface area contributed by atoms with E-state index in [4.69, 9.17) is 9.47 Å². The van der Waals surface area contributed by atoms with Gasteiger partial charge in [0, 0.05) is 0 Å². The number of ether oxygens (including phenoxy) is 2. The highest BCUT2D eigenvalue weighted by molar-refractivity contribution is 6.20. The largest absolute Gasteiger partial charge is 0.493 e. The van der Waals surface area contributed by atoms with Gasteiger partial charge in [0.05, 0.1) is 19.3 Å². The van der Waals surface area contributed by atoms with Crippen LogP contribution in [-0.4, -0.2) is 24.8 Å². The molecule has 23 heavy (non-hydrogen) atoms. The summed E-state index contributed by atoms with van der Waals surface area (Å²) in [5.41, 5.74) is 2.72. The maximum Gasteiger partial charge on any atom is 0.336 e. The highest BCUT2D eigenvalue weighted by Crippen LogP contribution is 2.30. The molecule has 0 aromatic heterocycles. The third kappa shape index (κ3) is 4.13. The first-order chi connectivity index (χ1) is 11.0. The fourth-order valence-electron chi connectivity index (χ4n) is 2.22. The SMILES string of the molecule is CCOc1ccc(/C=C(\C(=O)O)c2ccc(C)cc2)cc1OC. The van der Waals surface area contributed by atoms with Crippen LogP contribution < -0.4 is 9.47 Å². The van der Waals surface area contributed by atoms with Crippen molar-refractivity contribution in [3.63, 3.8) is 0 Å². The van der Waals surface area contributed by atoms with E-state index in [1.165, 1.54) is 0 Å². The van der Waals surface area contributed by atoms with Gasteiger partial charge in [-0.05, 0) is 43.2 Å². The Balaban J connectivity index is 2.43. The van der Waals surface area contributed by atoms with Crippen LogP contribution in [0.2, 0.25) is 0 Å². The number of hydrogen-bond donors (Lipinski definition) is 1. The molecule has 2 rings (SSSR count). The maximum atomic E-state index is 11.6. The van der Waals surface area contributed by atoms with Crippen LogP contribution in [0, 0.1) is 6.92 Å². The molecule has 0 atom stereocenters. The average Bonchev–Trinajstić information content (AvgIpc) is 2.54. The Kier molecular flexibility index (Phi) is 5.41. The normalized spacial score (nSPS) is 11.2. The number of aryl methyl sites for hydroxylation is 1. The summed E-state index contributed by atoms with van der Waals surface area (Å²) in [6.45, 7) is 4.40. The van der Waals surface area contributed by atoms with Crippen LogP contribution in [-0.2, 0) is 4.79 Å². The summed E-state index contributed by atoms with van der Waals surface area (Å²) >= 11 is 0. The third-order valence-electron chi connectivity index (χ3n) is 3.39. The Morgan fingerprint density at radius 2 is 1.83 bits per heavy atom. The zero-order valence-electron chi connectivity index (χ0n) is 13.5. The summed E-state index contributed by atoms with van der Waals surface area (Å²) in [6.07, 6.45) is 1.63. The minimum Gasteiger partial charge on any atom is -0.493 e. The van der Waals surface area contributed by atoms with Crippen molar-refractivity contribution in [1.82, 2.24) is 0 Å². The zero-order chi connectivity index (χ0) is 16.8. The topological polar surface area (TPSA) is 55.8 Å². The van der Waals surface area contributed by atoms with Gasteiger partial charge in [-0.15, -0.1) is 0 Å². The van der Waals surface area contributed by atoms with E-state index in [9.17, 15) is 9.90 Å². The summed E-state index contributed by atoms with van der Waals surface area (Å²) in [6, 6.07) is 12.8. The van der Waals surface area contributed by atoms with Gasteiger partial charge < -0.3 is 14.6 Å². The molecular weight excluding hydrogens is 292 g/mol. The summed E-state index contributed by atoms with van der Waals surface area (Å²) in [5, 5.41) is 9.50. The van der Waals surface area contributed by atoms with Gasteiger partial charge in [-0.2, -0.15) is 0 Å². The van der Waals surface area contributed by atoms with Crippen LogP contribution in [0.3, 0.4) is 0 Å². The molecule has 0 saturated carbocycles. The Bertz CT molecular complexity index is 715. The minimum absolute atomic E-state index is 0.233. The molecule has 4 heteroatoms. The molecule has 0 unspecified atom stereocenters. The van der Waals surface area contributed by atoms with Gasteiger partial charge in [0.1, 0.15) is 0 Å². The Hall–Kier alpha value is -2.75. The lowest BCUT2D eigenvalue weighted by molar-refractivity contribution is -0.130. The highest BCUT2D eigenvalue weighted by atomic mass is 16.5. The van der Waals surface area contributed by atoms with Crippen LogP contribution in [0.4, 0.5) is 0 Å². The number of hydrogen-bond acceptors (Lipinski definition) is 3. The molecule has 4 nitrogen and oxygen atoms in total. The van der Waals surface area contributed by atoms with Crippen molar-refractivity contribution in [1.29, 1.82) is 0 Å². The number of carboxylic acid groups (broad SMARTS) is 1. The molecule has 0 amide bonds. The lowest BCUT2D eigenvalue weighted by Gasteiger charge is -2.10. The lowest BCUT2D eigenvalue weighted by atomic mass is 10.0. The van der Waals surface area contributed by atoms with E-state index >= 15 is 0 Å². The van der Waals surface area contributed by atoms with Crippen LogP contribution >= 0.6 is 0 Å². The molecule has 0 aliphatic carbocycles. The second-order valence-electron chi connectivity index (χ2n) is 5.07. The molecule has 0 spiro atoms. The number of carbonyl (C=O) groups is 1. The van der Waals surface area contributed by atoms with Crippen molar-refractivity contribution in [2.45, 2.75) is 13.8 Å². The molecule has 0 radical (unpaired) electrons. The smallest absolute Gasteiger partial charge is 0.336 e. The molecule has 2 aromatic carbocycles. The molecule has 1 N–H and O–H groups in total. The van der Waals surface area contributed by atoms with Gasteiger partial charge in [-0.25, -0.2) is 4.79 Å². The number of carboxylic acids is 1. The first-order valence-corrected chi connectivity index (χ1v) is 7.38. The van der Waals surface area contributed by atoms with Crippen molar-refractivity contribution in [3.8, 4) is 11.5 Å². The van der Waals surface area contributed by atoms with E-state index < -0.39 is 5.97 Å². The fraction of sp³-hybridized carbons (Fsp3) is 0.211. The van der Waals surface area contributed by atoms with E-state index in [-0.39, 0.29) is 5.57 Å². The van der Waals surface area contributed by atoms with Gasteiger partial charge in [0.2, 0.25) is 0 Å². The van der Waals surface area contributed by atoms with Gasteiger partial charge >= 0.3 is 5.97 Å². The molecular formula is C19H20O4. The number of methoxy groups -OCH3 is 1. The second kappa shape index (κ2) is 7.49. The summed E-state index contributed by atoms with van der Waals surface area (Å²) < 4.78 is 10.8. The van der Waals surface area contributed by atoms with Crippen LogP contribution in [0.1, 0.15) is 23.6 Å². The Labute approximate surface area is 136 Å². The molecule has 2 aromatic rings. The molecule has 0 saturated heterocycles. The molecule has 0 fully saturated rings. The number of benzene rings is 2. The van der Waals surface area contributed by atoms with E-state index in [1.54, 1.807) is 37.5 Å². The van der Waals surface area contributed by atoms with E-state index in [1.807, 2.05) is 32.0 Å². The lowest BCUT2D eigenvalue weighted by Crippen LogP contribution is -2.00. The molecule has 0 aliphatic heterocycles. The first-order valence-electron chi connectivity index (χ1n) is 7.38. The Morgan fingerprint density at radius 3 is 2.39 bits per heavy atom. The number of aliphatic carboxylic acids is 1. The summed E-state index contributed by atoms with van der Waals surface area (Å²) in [4.78, 5) is 11.6. The Morgan fingerprint density at radius 1 is 1.13 bits per heavy atom. The minimum atomic E-state index is -0.971. The van der Waals surface area contributed by atoms with Crippen molar-refractivity contribution < 1.29 is 19.4 Å². The van der Waals surface area contributed by atoms with Gasteiger partial charge in [-0.1, -0.05) is 35.9 Å². The van der Waals surface area contributed by atoms with Crippen molar-refractivity contribution >= 4 is 17.6 Å². The van der Waals surface area contributed by atoms with E-state index in [0.717, 1.165) is 11.1 Å². The molecule has 0 heterocycles. The predicted molar refractivity (Wildman–Crippen MR) is 90.8 cm³/mol. The van der Waals surface area contributed by atoms with Crippen LogP contribution in [0.5, 0.6) is 11.5 Å². The zero-order valence-corrected chi connectivity index (χ0v) is 13.5. The fourth-order valence-corrected chi connectivity index (χ4v) is 2.22. The van der Waals surface area contributed by atoms with Crippen molar-refractivity contribution in [3.05, 3.63) is 59.2 Å². The first kappa shape index (κ1) is 16.6. The number of rotatable bonds is 6. The summed E-state index contributed by atoms with van der Waals surface area (Å²) in [7, 11) is 1.56.